The zero-order chi connectivity index (χ0) is 25.7. The van der Waals surface area contributed by atoms with Crippen molar-refractivity contribution < 1.29 is 28.9 Å². The van der Waals surface area contributed by atoms with Gasteiger partial charge in [0.2, 0.25) is 5.91 Å². The second-order valence-electron chi connectivity index (χ2n) is 9.26. The maximum absolute atomic E-state index is 13.2. The van der Waals surface area contributed by atoms with Gasteiger partial charge in [-0.15, -0.1) is 0 Å². The Morgan fingerprint density at radius 1 is 1.00 bits per heavy atom. The first-order valence-corrected chi connectivity index (χ1v) is 12.3. The highest BCUT2D eigenvalue weighted by Crippen LogP contribution is 2.30. The van der Waals surface area contributed by atoms with Crippen LogP contribution in [0, 0.1) is 0 Å². The molecule has 2 saturated heterocycles. The summed E-state index contributed by atoms with van der Waals surface area (Å²) in [6, 6.07) is 12.5. The third-order valence-electron chi connectivity index (χ3n) is 7.08. The Morgan fingerprint density at radius 2 is 1.72 bits per heavy atom. The van der Waals surface area contributed by atoms with Crippen molar-refractivity contribution >= 4 is 11.8 Å². The van der Waals surface area contributed by atoms with Crippen molar-refractivity contribution in [3.63, 3.8) is 0 Å². The lowest BCUT2D eigenvalue weighted by atomic mass is 10.0. The summed E-state index contributed by atoms with van der Waals surface area (Å²) in [7, 11) is 4.72. The molecule has 36 heavy (non-hydrogen) atoms. The van der Waals surface area contributed by atoms with Gasteiger partial charge < -0.3 is 29.5 Å². The van der Waals surface area contributed by atoms with Gasteiger partial charge in [-0.2, -0.15) is 0 Å². The minimum atomic E-state index is -0.541. The molecule has 0 unspecified atom stereocenters. The first kappa shape index (κ1) is 25.8. The number of methoxy groups -OCH3 is 3. The molecule has 2 N–H and O–H groups in total. The Morgan fingerprint density at radius 3 is 2.42 bits per heavy atom. The fourth-order valence-electron chi connectivity index (χ4n) is 5.13. The van der Waals surface area contributed by atoms with Crippen LogP contribution in [0.3, 0.4) is 0 Å². The molecule has 2 aliphatic heterocycles. The number of likely N-dealkylation sites (tertiary alicyclic amines) is 2. The van der Waals surface area contributed by atoms with Gasteiger partial charge in [0.1, 0.15) is 17.2 Å². The number of benzene rings is 2. The zero-order valence-electron chi connectivity index (χ0n) is 21.1. The summed E-state index contributed by atoms with van der Waals surface area (Å²) in [5.41, 5.74) is 1.46. The Hall–Kier alpha value is -3.30. The molecule has 2 amide bonds. The van der Waals surface area contributed by atoms with Crippen molar-refractivity contribution in [2.75, 3.05) is 41.0 Å². The van der Waals surface area contributed by atoms with Crippen molar-refractivity contribution in [2.45, 2.75) is 44.0 Å². The largest absolute Gasteiger partial charge is 0.497 e. The van der Waals surface area contributed by atoms with Crippen LogP contribution in [0.4, 0.5) is 0 Å². The number of ether oxygens (including phenoxy) is 3. The van der Waals surface area contributed by atoms with Gasteiger partial charge in [-0.1, -0.05) is 12.1 Å². The number of nitrogens with zero attached hydrogens (tertiary/aromatic N) is 2. The quantitative estimate of drug-likeness (QED) is 0.576. The standard InChI is InChI=1S/C27H35N3O6/c1-34-21-6-4-5-18(13-21)16-28-26(32)24-14-20(31)17-30(24)19-9-11-29(12-10-19)27(33)23-8-7-22(35-2)15-25(23)36-3/h4-8,13,15,19-20,24,31H,9-12,14,16-17H2,1-3H3,(H,28,32)/t20-,24+/m1/s1. The van der Waals surface area contributed by atoms with Crippen molar-refractivity contribution in [3.8, 4) is 17.2 Å². The van der Waals surface area contributed by atoms with Crippen molar-refractivity contribution in [3.05, 3.63) is 53.6 Å². The van der Waals surface area contributed by atoms with E-state index in [0.29, 0.717) is 49.7 Å². The van der Waals surface area contributed by atoms with E-state index < -0.39 is 6.10 Å². The highest BCUT2D eigenvalue weighted by molar-refractivity contribution is 5.97. The van der Waals surface area contributed by atoms with E-state index in [1.807, 2.05) is 29.2 Å². The van der Waals surface area contributed by atoms with Crippen LogP contribution >= 0.6 is 0 Å². The number of β-amino-alcohol motifs (C(OH)–C–C–N with tert-alkyl or cyclic N) is 1. The highest BCUT2D eigenvalue weighted by atomic mass is 16.5. The molecule has 0 radical (unpaired) electrons. The zero-order valence-corrected chi connectivity index (χ0v) is 21.1. The van der Waals surface area contributed by atoms with Gasteiger partial charge in [0, 0.05) is 38.3 Å². The molecule has 2 aromatic rings. The number of nitrogens with one attached hydrogen (secondary N) is 1. The van der Waals surface area contributed by atoms with Gasteiger partial charge >= 0.3 is 0 Å². The van der Waals surface area contributed by atoms with E-state index in [4.69, 9.17) is 14.2 Å². The summed E-state index contributed by atoms with van der Waals surface area (Å²) in [5.74, 6) is 1.69. The number of hydrogen-bond acceptors (Lipinski definition) is 7. The van der Waals surface area contributed by atoms with Crippen molar-refractivity contribution in [1.82, 2.24) is 15.1 Å². The lowest BCUT2D eigenvalue weighted by Crippen LogP contribution is -2.52. The number of aliphatic hydroxyl groups excluding tert-OH is 1. The van der Waals surface area contributed by atoms with E-state index in [1.54, 1.807) is 32.4 Å². The predicted octanol–water partition coefficient (Wildman–Crippen LogP) is 2.07. The van der Waals surface area contributed by atoms with Gasteiger partial charge in [0.25, 0.3) is 5.91 Å². The number of piperidine rings is 1. The summed E-state index contributed by atoms with van der Waals surface area (Å²) >= 11 is 0. The normalized spacial score (nSPS) is 20.7. The number of carbonyl (C=O) groups is 2. The topological polar surface area (TPSA) is 101 Å². The molecule has 2 aliphatic rings. The maximum Gasteiger partial charge on any atom is 0.257 e. The van der Waals surface area contributed by atoms with Crippen LogP contribution in [-0.2, 0) is 11.3 Å². The van der Waals surface area contributed by atoms with Crippen LogP contribution < -0.4 is 19.5 Å². The number of carbonyl (C=O) groups excluding carboxylic acids is 2. The van der Waals surface area contributed by atoms with Crippen LogP contribution in [-0.4, -0.2) is 85.9 Å². The minimum absolute atomic E-state index is 0.0815. The molecule has 0 saturated carbocycles. The van der Waals surface area contributed by atoms with E-state index in [2.05, 4.69) is 10.2 Å². The van der Waals surface area contributed by atoms with Crippen molar-refractivity contribution in [2.24, 2.45) is 0 Å². The van der Waals surface area contributed by atoms with Crippen molar-refractivity contribution in [1.29, 1.82) is 0 Å². The molecule has 0 aliphatic carbocycles. The summed E-state index contributed by atoms with van der Waals surface area (Å²) < 4.78 is 15.9. The van der Waals surface area contributed by atoms with Crippen LogP contribution in [0.15, 0.2) is 42.5 Å². The van der Waals surface area contributed by atoms with Gasteiger partial charge in [0.15, 0.2) is 0 Å². The molecule has 4 rings (SSSR count). The van der Waals surface area contributed by atoms with Gasteiger partial charge in [-0.05, 0) is 49.1 Å². The first-order chi connectivity index (χ1) is 17.4. The number of rotatable bonds is 8. The molecule has 194 valence electrons. The minimum Gasteiger partial charge on any atom is -0.497 e. The molecule has 2 atom stereocenters. The van der Waals surface area contributed by atoms with Crippen LogP contribution in [0.2, 0.25) is 0 Å². The number of aliphatic hydroxyl groups is 1. The molecule has 2 aromatic carbocycles. The monoisotopic (exact) mass is 497 g/mol. The fourth-order valence-corrected chi connectivity index (χ4v) is 5.13. The van der Waals surface area contributed by atoms with E-state index in [1.165, 1.54) is 7.11 Å². The molecule has 0 bridgehead atoms. The Bertz CT molecular complexity index is 1070. The van der Waals surface area contributed by atoms with Crippen LogP contribution in [0.25, 0.3) is 0 Å². The fraction of sp³-hybridized carbons (Fsp3) is 0.481. The molecule has 9 nitrogen and oxygen atoms in total. The average Bonchev–Trinajstić information content (AvgIpc) is 3.32. The summed E-state index contributed by atoms with van der Waals surface area (Å²) in [4.78, 5) is 30.2. The molecule has 0 spiro atoms. The SMILES string of the molecule is COc1cccc(CNC(=O)[C@@H]2C[C@@H](O)CN2C2CCN(C(=O)c3ccc(OC)cc3OC)CC2)c1. The second-order valence-corrected chi connectivity index (χ2v) is 9.26. The molecule has 9 heteroatoms. The molecule has 2 heterocycles. The van der Waals surface area contributed by atoms with Crippen LogP contribution in [0.1, 0.15) is 35.2 Å². The lowest BCUT2D eigenvalue weighted by Gasteiger charge is -2.39. The predicted molar refractivity (Wildman–Crippen MR) is 134 cm³/mol. The third kappa shape index (κ3) is 5.74. The molecular weight excluding hydrogens is 462 g/mol. The van der Waals surface area contributed by atoms with Gasteiger partial charge in [0.05, 0.1) is 39.0 Å². The maximum atomic E-state index is 13.2. The van der Waals surface area contributed by atoms with Gasteiger partial charge in [-0.3, -0.25) is 14.5 Å². The van der Waals surface area contributed by atoms with E-state index in [-0.39, 0.29) is 23.9 Å². The molecular formula is C27H35N3O6. The molecule has 0 aromatic heterocycles. The summed E-state index contributed by atoms with van der Waals surface area (Å²) in [6.07, 6.45) is 1.33. The highest BCUT2D eigenvalue weighted by Gasteiger charge is 2.41. The Balaban J connectivity index is 1.35. The lowest BCUT2D eigenvalue weighted by molar-refractivity contribution is -0.126. The third-order valence-corrected chi connectivity index (χ3v) is 7.08. The smallest absolute Gasteiger partial charge is 0.257 e. The second kappa shape index (κ2) is 11.6. The van der Waals surface area contributed by atoms with Crippen LogP contribution in [0.5, 0.6) is 17.2 Å². The number of amides is 2. The Labute approximate surface area is 211 Å². The van der Waals surface area contributed by atoms with E-state index in [9.17, 15) is 14.7 Å². The molecule has 2 fully saturated rings. The van der Waals surface area contributed by atoms with Gasteiger partial charge in [-0.25, -0.2) is 0 Å². The summed E-state index contributed by atoms with van der Waals surface area (Å²) in [6.45, 7) is 2.00. The Kier molecular flexibility index (Phi) is 8.32. The van der Waals surface area contributed by atoms with E-state index >= 15 is 0 Å². The average molecular weight is 498 g/mol. The number of hydrogen-bond donors (Lipinski definition) is 2. The summed E-state index contributed by atoms with van der Waals surface area (Å²) in [5, 5.41) is 13.4. The van der Waals surface area contributed by atoms with E-state index in [0.717, 1.165) is 24.2 Å². The first-order valence-electron chi connectivity index (χ1n) is 12.3.